The van der Waals surface area contributed by atoms with E-state index in [1.807, 2.05) is 86.6 Å². The second-order valence-electron chi connectivity index (χ2n) is 11.5. The fraction of sp³-hybridized carbons (Fsp3) is 0.0750. The zero-order valence-corrected chi connectivity index (χ0v) is 31.1. The Morgan fingerprint density at radius 1 is 0.735 bits per heavy atom. The molecule has 2 aliphatic heterocycles. The Kier molecular flexibility index (Phi) is 9.33. The van der Waals surface area contributed by atoms with Crippen LogP contribution < -0.4 is 9.64 Å². The van der Waals surface area contributed by atoms with E-state index in [2.05, 4.69) is 28.8 Å². The Hall–Kier alpha value is -5.36. The zero-order chi connectivity index (χ0) is 33.5. The number of carbonyl (C=O) groups is 3. The summed E-state index contributed by atoms with van der Waals surface area (Å²) in [6.45, 7) is 8.06. The summed E-state index contributed by atoms with van der Waals surface area (Å²) in [6.07, 6.45) is 4.28. The standard InChI is InChI=1S/C25H17N2O3.C15H11N2O.U/c1-14-5-4-6-18(11-14)27-15(2)19-9-7-16(12-21(19)25(27)30)17-8-10-20-22(13-17)24(29)26(3)23(20)28;1-11-4-2-3-5-15(11)18-12-6-7-13-14(10-12)17-9-8-16-13;/h4,6-13H,2H2,1,3H3;2-8,10H,1H3;/q2*-1;+2. The van der Waals surface area contributed by atoms with Gasteiger partial charge < -0.3 is 14.6 Å². The minimum atomic E-state index is -0.315. The second-order valence-corrected chi connectivity index (χ2v) is 11.5. The molecular formula is C40H28N4O4U. The molecule has 0 saturated carbocycles. The van der Waals surface area contributed by atoms with Crippen molar-refractivity contribution in [3.63, 3.8) is 0 Å². The van der Waals surface area contributed by atoms with Crippen molar-refractivity contribution in [1.82, 2.24) is 14.9 Å². The van der Waals surface area contributed by atoms with Gasteiger partial charge >= 0.3 is 31.1 Å². The summed E-state index contributed by atoms with van der Waals surface area (Å²) in [7, 11) is 1.47. The van der Waals surface area contributed by atoms with Gasteiger partial charge in [-0.3, -0.25) is 24.3 Å². The molecule has 2 aliphatic rings. The summed E-state index contributed by atoms with van der Waals surface area (Å²) < 4.78 is 5.84. The van der Waals surface area contributed by atoms with E-state index >= 15 is 0 Å². The number of hydrogen-bond donors (Lipinski definition) is 0. The predicted octanol–water partition coefficient (Wildman–Crippen LogP) is 7.85. The van der Waals surface area contributed by atoms with Crippen LogP contribution in [0.25, 0.3) is 27.9 Å². The number of carbonyl (C=O) groups excluding carboxylic acids is 3. The van der Waals surface area contributed by atoms with Crippen LogP contribution in [-0.4, -0.2) is 39.6 Å². The van der Waals surface area contributed by atoms with E-state index in [9.17, 15) is 14.4 Å². The molecular weight excluding hydrogens is 838 g/mol. The molecule has 236 valence electrons. The molecule has 49 heavy (non-hydrogen) atoms. The molecule has 0 unspecified atom stereocenters. The van der Waals surface area contributed by atoms with Crippen LogP contribution in [0, 0.1) is 57.2 Å². The number of imide groups is 1. The predicted molar refractivity (Wildman–Crippen MR) is 184 cm³/mol. The van der Waals surface area contributed by atoms with E-state index in [-0.39, 0.29) is 48.8 Å². The summed E-state index contributed by atoms with van der Waals surface area (Å²) in [5.74, 6) is 0.850. The van der Waals surface area contributed by atoms with E-state index in [0.29, 0.717) is 22.4 Å². The third-order valence-corrected chi connectivity index (χ3v) is 8.36. The number of aromatic nitrogens is 2. The smallest absolute Gasteiger partial charge is 0.459 e. The van der Waals surface area contributed by atoms with Crippen molar-refractivity contribution >= 4 is 40.1 Å². The number of hydrogen-bond acceptors (Lipinski definition) is 6. The molecule has 9 heteroatoms. The van der Waals surface area contributed by atoms with Gasteiger partial charge in [0.2, 0.25) is 0 Å². The molecule has 0 fully saturated rings. The van der Waals surface area contributed by atoms with Crippen molar-refractivity contribution < 1.29 is 50.2 Å². The number of rotatable bonds is 4. The van der Waals surface area contributed by atoms with Crippen molar-refractivity contribution in [1.29, 1.82) is 0 Å². The zero-order valence-electron chi connectivity index (χ0n) is 26.9. The molecule has 0 saturated heterocycles. The molecule has 8 nitrogen and oxygen atoms in total. The van der Waals surface area contributed by atoms with Crippen LogP contribution in [0.15, 0.2) is 110 Å². The minimum absolute atomic E-state index is 0. The fourth-order valence-electron chi connectivity index (χ4n) is 5.80. The van der Waals surface area contributed by atoms with Crippen LogP contribution in [0.3, 0.4) is 0 Å². The summed E-state index contributed by atoms with van der Waals surface area (Å²) >= 11 is 0. The second kappa shape index (κ2) is 13.6. The SMILES string of the molecule is C=C1c2ccc(-c3ccc4c(c3)C(=O)N(C)C4=O)cc2C(=O)N1c1cc[c-]c(C)c1.Cc1ccccc1Oc1ccc2nc[c-]nc2c1.[U+2]. The van der Waals surface area contributed by atoms with Crippen LogP contribution in [0.4, 0.5) is 5.69 Å². The first-order valence-corrected chi connectivity index (χ1v) is 15.2. The molecule has 0 N–H and O–H groups in total. The topological polar surface area (TPSA) is 92.7 Å². The number of para-hydroxylation sites is 1. The number of fused-ring (bicyclic) bond motifs is 3. The van der Waals surface area contributed by atoms with Crippen LogP contribution >= 0.6 is 0 Å². The first kappa shape index (κ1) is 33.5. The Bertz CT molecular complexity index is 2320. The Labute approximate surface area is 307 Å². The van der Waals surface area contributed by atoms with Crippen molar-refractivity contribution in [3.05, 3.63) is 155 Å². The first-order valence-electron chi connectivity index (χ1n) is 15.2. The molecule has 0 spiro atoms. The number of ether oxygens (including phenoxy) is 1. The van der Waals surface area contributed by atoms with Gasteiger partial charge in [0.1, 0.15) is 11.5 Å². The van der Waals surface area contributed by atoms with Gasteiger partial charge in [-0.05, 0) is 66.2 Å². The number of benzene rings is 5. The summed E-state index contributed by atoms with van der Waals surface area (Å²) in [5, 5.41) is 0. The van der Waals surface area contributed by atoms with Crippen LogP contribution in [-0.2, 0) is 0 Å². The minimum Gasteiger partial charge on any atom is -0.459 e. The number of aryl methyl sites for hydroxylation is 2. The quantitative estimate of drug-likeness (QED) is 0.133. The maximum atomic E-state index is 13.2. The van der Waals surface area contributed by atoms with Crippen molar-refractivity contribution in [2.45, 2.75) is 13.8 Å². The molecule has 1 aromatic heterocycles. The average Bonchev–Trinajstić information content (AvgIpc) is 3.48. The normalized spacial score (nSPS) is 13.1. The molecule has 0 aliphatic carbocycles. The van der Waals surface area contributed by atoms with E-state index in [1.165, 1.54) is 7.05 Å². The average molecular weight is 867 g/mol. The monoisotopic (exact) mass is 866 g/mol. The van der Waals surface area contributed by atoms with Gasteiger partial charge in [0, 0.05) is 23.8 Å². The van der Waals surface area contributed by atoms with Crippen molar-refractivity contribution in [2.75, 3.05) is 11.9 Å². The van der Waals surface area contributed by atoms with Crippen LogP contribution in [0.1, 0.15) is 47.8 Å². The van der Waals surface area contributed by atoms with E-state index in [4.69, 9.17) is 4.74 Å². The van der Waals surface area contributed by atoms with E-state index < -0.39 is 0 Å². The Balaban J connectivity index is 0.000000188. The third-order valence-electron chi connectivity index (χ3n) is 8.36. The van der Waals surface area contributed by atoms with E-state index in [0.717, 1.165) is 60.9 Å². The van der Waals surface area contributed by atoms with Gasteiger partial charge in [-0.15, -0.1) is 18.3 Å². The number of anilines is 1. The van der Waals surface area contributed by atoms with Gasteiger partial charge in [0.05, 0.1) is 16.7 Å². The van der Waals surface area contributed by atoms with Crippen molar-refractivity contribution in [2.24, 2.45) is 0 Å². The van der Waals surface area contributed by atoms with Gasteiger partial charge in [-0.2, -0.15) is 17.7 Å². The molecule has 3 heterocycles. The Morgan fingerprint density at radius 3 is 2.16 bits per heavy atom. The van der Waals surface area contributed by atoms with Crippen LogP contribution in [0.5, 0.6) is 11.5 Å². The van der Waals surface area contributed by atoms with Gasteiger partial charge in [0.25, 0.3) is 17.7 Å². The van der Waals surface area contributed by atoms with Gasteiger partial charge in [-0.25, -0.2) is 0 Å². The number of nitrogens with zero attached hydrogens (tertiary/aromatic N) is 4. The molecule has 0 atom stereocenters. The van der Waals surface area contributed by atoms with Crippen LogP contribution in [0.2, 0.25) is 0 Å². The first-order chi connectivity index (χ1) is 23.2. The summed E-state index contributed by atoms with van der Waals surface area (Å²) in [5.41, 5.74) is 8.73. The third kappa shape index (κ3) is 6.31. The molecule has 8 rings (SSSR count). The molecule has 3 amide bonds. The molecule has 0 radical (unpaired) electrons. The molecule has 6 aromatic rings. The Morgan fingerprint density at radius 2 is 1.43 bits per heavy atom. The maximum Gasteiger partial charge on any atom is 2.00 e. The largest absolute Gasteiger partial charge is 2.00 e. The number of amides is 3. The summed E-state index contributed by atoms with van der Waals surface area (Å²) in [6, 6.07) is 32.9. The molecule has 5 aromatic carbocycles. The maximum absolute atomic E-state index is 13.2. The summed E-state index contributed by atoms with van der Waals surface area (Å²) in [4.78, 5) is 48.7. The fourth-order valence-corrected chi connectivity index (χ4v) is 5.80. The molecule has 0 bridgehead atoms. The van der Waals surface area contributed by atoms with Gasteiger partial charge in [0.15, 0.2) is 0 Å². The van der Waals surface area contributed by atoms with Gasteiger partial charge in [-0.1, -0.05) is 67.2 Å². The van der Waals surface area contributed by atoms with E-state index in [1.54, 1.807) is 35.4 Å². The van der Waals surface area contributed by atoms with Crippen molar-refractivity contribution in [3.8, 4) is 22.6 Å².